The van der Waals surface area contributed by atoms with E-state index in [0.29, 0.717) is 16.3 Å². The predicted molar refractivity (Wildman–Crippen MR) is 125 cm³/mol. The van der Waals surface area contributed by atoms with Crippen molar-refractivity contribution in [1.29, 1.82) is 0 Å². The SMILES string of the molecule is CC[C@H](C)[C@H](NC(=O)c1ccc(Cl)cc1)C(=O)Nc1ccc(N2CCN(C)CC2)nc1. The fourth-order valence-corrected chi connectivity index (χ4v) is 3.56. The van der Waals surface area contributed by atoms with Gasteiger partial charge in [-0.25, -0.2) is 4.98 Å². The summed E-state index contributed by atoms with van der Waals surface area (Å²) in [5.74, 6) is 0.306. The summed E-state index contributed by atoms with van der Waals surface area (Å²) < 4.78 is 0. The van der Waals surface area contributed by atoms with Crippen LogP contribution in [0.1, 0.15) is 30.6 Å². The van der Waals surface area contributed by atoms with Gasteiger partial charge in [0.1, 0.15) is 11.9 Å². The van der Waals surface area contributed by atoms with E-state index in [1.54, 1.807) is 30.5 Å². The van der Waals surface area contributed by atoms with Crippen molar-refractivity contribution in [3.05, 3.63) is 53.2 Å². The number of rotatable bonds is 7. The second kappa shape index (κ2) is 10.6. The average molecular weight is 444 g/mol. The third-order valence-electron chi connectivity index (χ3n) is 5.73. The first-order valence-electron chi connectivity index (χ1n) is 10.6. The Morgan fingerprint density at radius 1 is 1.10 bits per heavy atom. The Morgan fingerprint density at radius 3 is 2.35 bits per heavy atom. The molecule has 0 radical (unpaired) electrons. The second-order valence-electron chi connectivity index (χ2n) is 8.03. The zero-order valence-electron chi connectivity index (χ0n) is 18.3. The molecule has 1 aromatic carbocycles. The molecule has 1 aliphatic heterocycles. The normalized spacial score (nSPS) is 16.5. The van der Waals surface area contributed by atoms with Gasteiger partial charge in [0.2, 0.25) is 5.91 Å². The largest absolute Gasteiger partial charge is 0.354 e. The smallest absolute Gasteiger partial charge is 0.251 e. The highest BCUT2D eigenvalue weighted by atomic mass is 35.5. The van der Waals surface area contributed by atoms with E-state index in [0.717, 1.165) is 38.4 Å². The van der Waals surface area contributed by atoms with Crippen LogP contribution in [0.4, 0.5) is 11.5 Å². The van der Waals surface area contributed by atoms with Crippen molar-refractivity contribution in [3.8, 4) is 0 Å². The number of hydrogen-bond donors (Lipinski definition) is 2. The first kappa shape index (κ1) is 23.0. The van der Waals surface area contributed by atoms with Crippen LogP contribution in [-0.2, 0) is 4.79 Å². The van der Waals surface area contributed by atoms with Gasteiger partial charge in [-0.1, -0.05) is 31.9 Å². The number of hydrogen-bond acceptors (Lipinski definition) is 5. The molecule has 1 saturated heterocycles. The van der Waals surface area contributed by atoms with Crippen molar-refractivity contribution < 1.29 is 9.59 Å². The number of benzene rings is 1. The minimum absolute atomic E-state index is 0.0335. The van der Waals surface area contributed by atoms with Gasteiger partial charge in [-0.2, -0.15) is 0 Å². The summed E-state index contributed by atoms with van der Waals surface area (Å²) in [5.41, 5.74) is 1.07. The number of pyridine rings is 1. The van der Waals surface area contributed by atoms with Crippen LogP contribution < -0.4 is 15.5 Å². The monoisotopic (exact) mass is 443 g/mol. The Labute approximate surface area is 188 Å². The molecule has 1 aromatic heterocycles. The van der Waals surface area contributed by atoms with Crippen molar-refractivity contribution in [2.45, 2.75) is 26.3 Å². The van der Waals surface area contributed by atoms with Crippen LogP contribution in [0.15, 0.2) is 42.6 Å². The zero-order chi connectivity index (χ0) is 22.4. The fraction of sp³-hybridized carbons (Fsp3) is 0.435. The number of nitrogens with zero attached hydrogens (tertiary/aromatic N) is 3. The molecule has 0 saturated carbocycles. The summed E-state index contributed by atoms with van der Waals surface area (Å²) in [5, 5.41) is 6.32. The van der Waals surface area contributed by atoms with Crippen molar-refractivity contribution in [1.82, 2.24) is 15.2 Å². The number of carbonyl (C=O) groups excluding carboxylic acids is 2. The van der Waals surface area contributed by atoms with Crippen LogP contribution in [0, 0.1) is 5.92 Å². The van der Waals surface area contributed by atoms with Gasteiger partial charge in [-0.15, -0.1) is 0 Å². The van der Waals surface area contributed by atoms with Crippen LogP contribution in [0.5, 0.6) is 0 Å². The molecular weight excluding hydrogens is 414 g/mol. The number of anilines is 2. The lowest BCUT2D eigenvalue weighted by Crippen LogP contribution is -2.47. The Bertz CT molecular complexity index is 880. The highest BCUT2D eigenvalue weighted by Crippen LogP contribution is 2.18. The number of amides is 2. The Kier molecular flexibility index (Phi) is 7.87. The second-order valence-corrected chi connectivity index (χ2v) is 8.46. The summed E-state index contributed by atoms with van der Waals surface area (Å²) in [6, 6.07) is 9.71. The molecule has 166 valence electrons. The van der Waals surface area contributed by atoms with E-state index >= 15 is 0 Å². The van der Waals surface area contributed by atoms with Crippen molar-refractivity contribution in [2.24, 2.45) is 5.92 Å². The van der Waals surface area contributed by atoms with Gasteiger partial charge in [0.15, 0.2) is 0 Å². The van der Waals surface area contributed by atoms with Crippen LogP contribution >= 0.6 is 11.6 Å². The molecule has 0 bridgehead atoms. The number of piperazine rings is 1. The molecule has 0 spiro atoms. The molecule has 2 aromatic rings. The summed E-state index contributed by atoms with van der Waals surface area (Å²) in [6.45, 7) is 7.81. The molecule has 2 N–H and O–H groups in total. The lowest BCUT2D eigenvalue weighted by atomic mass is 9.97. The highest BCUT2D eigenvalue weighted by molar-refractivity contribution is 6.30. The standard InChI is InChI=1S/C23H30ClN5O2/c1-4-16(2)21(27-22(30)17-5-7-18(24)8-6-17)23(31)26-19-9-10-20(25-15-19)29-13-11-28(3)12-14-29/h5-10,15-16,21H,4,11-14H2,1-3H3,(H,26,31)(H,27,30)/t16-,21-/m0/s1. The van der Waals surface area contributed by atoms with Gasteiger partial charge in [0.05, 0.1) is 11.9 Å². The molecule has 1 fully saturated rings. The maximum atomic E-state index is 13.0. The minimum atomic E-state index is -0.662. The highest BCUT2D eigenvalue weighted by Gasteiger charge is 2.26. The molecule has 8 heteroatoms. The van der Waals surface area contributed by atoms with Gasteiger partial charge in [-0.3, -0.25) is 9.59 Å². The third-order valence-corrected chi connectivity index (χ3v) is 5.98. The molecule has 31 heavy (non-hydrogen) atoms. The molecule has 7 nitrogen and oxygen atoms in total. The fourth-order valence-electron chi connectivity index (χ4n) is 3.43. The molecule has 0 aliphatic carbocycles. The van der Waals surface area contributed by atoms with E-state index in [4.69, 9.17) is 11.6 Å². The maximum Gasteiger partial charge on any atom is 0.251 e. The Balaban J connectivity index is 1.64. The minimum Gasteiger partial charge on any atom is -0.354 e. The molecule has 2 heterocycles. The Morgan fingerprint density at radius 2 is 1.77 bits per heavy atom. The summed E-state index contributed by atoms with van der Waals surface area (Å²) >= 11 is 5.90. The van der Waals surface area contributed by atoms with Gasteiger partial charge >= 0.3 is 0 Å². The van der Waals surface area contributed by atoms with E-state index in [1.165, 1.54) is 0 Å². The van der Waals surface area contributed by atoms with Crippen molar-refractivity contribution in [3.63, 3.8) is 0 Å². The molecule has 2 atom stereocenters. The van der Waals surface area contributed by atoms with E-state index < -0.39 is 6.04 Å². The molecule has 2 amide bonds. The van der Waals surface area contributed by atoms with Gasteiger partial charge in [0.25, 0.3) is 5.91 Å². The number of halogens is 1. The van der Waals surface area contributed by atoms with Crippen LogP contribution in [0.2, 0.25) is 5.02 Å². The number of carbonyl (C=O) groups is 2. The van der Waals surface area contributed by atoms with Gasteiger partial charge in [0, 0.05) is 36.8 Å². The lowest BCUT2D eigenvalue weighted by Gasteiger charge is -2.33. The summed E-state index contributed by atoms with van der Waals surface area (Å²) in [4.78, 5) is 34.6. The molecule has 0 unspecified atom stereocenters. The molecule has 3 rings (SSSR count). The first-order chi connectivity index (χ1) is 14.9. The van der Waals surface area contributed by atoms with Gasteiger partial charge in [-0.05, 0) is 49.4 Å². The number of nitrogens with one attached hydrogen (secondary N) is 2. The summed E-state index contributed by atoms with van der Waals surface area (Å²) in [7, 11) is 2.11. The molecule has 1 aliphatic rings. The number of likely N-dealkylation sites (N-methyl/N-ethyl adjacent to an activating group) is 1. The van der Waals surface area contributed by atoms with Crippen molar-refractivity contribution in [2.75, 3.05) is 43.4 Å². The number of aromatic nitrogens is 1. The quantitative estimate of drug-likeness (QED) is 0.686. The Hall–Kier alpha value is -2.64. The van der Waals surface area contributed by atoms with Crippen LogP contribution in [-0.4, -0.2) is 61.0 Å². The first-order valence-corrected chi connectivity index (χ1v) is 11.0. The van der Waals surface area contributed by atoms with Crippen molar-refractivity contribution >= 4 is 34.9 Å². The summed E-state index contributed by atoms with van der Waals surface area (Å²) in [6.07, 6.45) is 2.42. The van der Waals surface area contributed by atoms with Gasteiger partial charge < -0.3 is 20.4 Å². The van der Waals surface area contributed by atoms with E-state index in [2.05, 4.69) is 32.5 Å². The van der Waals surface area contributed by atoms with Crippen LogP contribution in [0.3, 0.4) is 0 Å². The van der Waals surface area contributed by atoms with Crippen LogP contribution in [0.25, 0.3) is 0 Å². The zero-order valence-corrected chi connectivity index (χ0v) is 19.0. The lowest BCUT2D eigenvalue weighted by molar-refractivity contribution is -0.119. The maximum absolute atomic E-state index is 13.0. The average Bonchev–Trinajstić information content (AvgIpc) is 2.78. The van der Waals surface area contributed by atoms with E-state index in [-0.39, 0.29) is 17.7 Å². The predicted octanol–water partition coefficient (Wildman–Crippen LogP) is 3.27. The van der Waals surface area contributed by atoms with E-state index in [9.17, 15) is 9.59 Å². The third kappa shape index (κ3) is 6.18. The topological polar surface area (TPSA) is 77.6 Å². The molecular formula is C23H30ClN5O2. The van der Waals surface area contributed by atoms with E-state index in [1.807, 2.05) is 26.0 Å².